The molecular weight excluding hydrogens is 290 g/mol. The Morgan fingerprint density at radius 3 is 2.67 bits per heavy atom. The molecule has 2 rings (SSSR count). The minimum atomic E-state index is -0.00120. The van der Waals surface area contributed by atoms with Crippen molar-refractivity contribution >= 4 is 27.5 Å². The van der Waals surface area contributed by atoms with Crippen LogP contribution in [0.3, 0.4) is 0 Å². The molecule has 0 aliphatic heterocycles. The lowest BCUT2D eigenvalue weighted by Gasteiger charge is -2.06. The smallest absolute Gasteiger partial charge is 0.228 e. The lowest BCUT2D eigenvalue weighted by atomic mass is 10.1. The number of benzene rings is 2. The molecule has 0 saturated heterocycles. The van der Waals surface area contributed by atoms with E-state index in [1.165, 1.54) is 0 Å². The molecule has 0 bridgehead atoms. The van der Waals surface area contributed by atoms with Crippen LogP contribution in [-0.4, -0.2) is 5.91 Å². The molecular formula is C15H14BrNO. The largest absolute Gasteiger partial charge is 0.326 e. The van der Waals surface area contributed by atoms with Gasteiger partial charge in [-0.05, 0) is 42.3 Å². The first-order chi connectivity index (χ1) is 8.63. The van der Waals surface area contributed by atoms with Gasteiger partial charge in [0.15, 0.2) is 0 Å². The van der Waals surface area contributed by atoms with Crippen LogP contribution in [0.15, 0.2) is 53.0 Å². The van der Waals surface area contributed by atoms with Crippen molar-refractivity contribution in [1.82, 2.24) is 0 Å². The number of amides is 1. The molecule has 0 saturated carbocycles. The van der Waals surface area contributed by atoms with Crippen LogP contribution in [0.25, 0.3) is 0 Å². The number of carbonyl (C=O) groups is 1. The molecule has 0 radical (unpaired) electrons. The van der Waals surface area contributed by atoms with Crippen LogP contribution in [0.1, 0.15) is 11.1 Å². The van der Waals surface area contributed by atoms with Crippen molar-refractivity contribution in [3.8, 4) is 0 Å². The van der Waals surface area contributed by atoms with E-state index in [0.29, 0.717) is 6.42 Å². The highest BCUT2D eigenvalue weighted by Gasteiger charge is 2.04. The van der Waals surface area contributed by atoms with Crippen LogP contribution in [0.5, 0.6) is 0 Å². The maximum absolute atomic E-state index is 11.9. The minimum absolute atomic E-state index is 0.00120. The van der Waals surface area contributed by atoms with Gasteiger partial charge in [0.2, 0.25) is 5.91 Å². The van der Waals surface area contributed by atoms with Crippen molar-refractivity contribution in [2.24, 2.45) is 0 Å². The third-order valence-corrected chi connectivity index (χ3v) is 3.05. The third kappa shape index (κ3) is 3.70. The molecule has 0 aliphatic rings. The summed E-state index contributed by atoms with van der Waals surface area (Å²) in [5.41, 5.74) is 2.97. The van der Waals surface area contributed by atoms with Gasteiger partial charge in [-0.1, -0.05) is 40.2 Å². The number of rotatable bonds is 3. The maximum atomic E-state index is 11.9. The molecule has 1 amide bonds. The summed E-state index contributed by atoms with van der Waals surface area (Å²) in [7, 11) is 0. The topological polar surface area (TPSA) is 29.1 Å². The Labute approximate surface area is 115 Å². The van der Waals surface area contributed by atoms with Crippen molar-refractivity contribution in [2.45, 2.75) is 13.3 Å². The van der Waals surface area contributed by atoms with Crippen LogP contribution in [0, 0.1) is 6.92 Å². The van der Waals surface area contributed by atoms with Gasteiger partial charge in [0.25, 0.3) is 0 Å². The Kier molecular flexibility index (Phi) is 4.15. The summed E-state index contributed by atoms with van der Waals surface area (Å²) in [6.45, 7) is 2.00. The quantitative estimate of drug-likeness (QED) is 0.914. The van der Waals surface area contributed by atoms with Crippen LogP contribution in [-0.2, 0) is 11.2 Å². The second-order valence-electron chi connectivity index (χ2n) is 4.22. The van der Waals surface area contributed by atoms with Crippen molar-refractivity contribution in [3.63, 3.8) is 0 Å². The van der Waals surface area contributed by atoms with E-state index in [4.69, 9.17) is 0 Å². The number of halogens is 1. The second-order valence-corrected chi connectivity index (χ2v) is 5.14. The van der Waals surface area contributed by atoms with Crippen LogP contribution in [0.4, 0.5) is 5.69 Å². The van der Waals surface area contributed by atoms with E-state index >= 15 is 0 Å². The van der Waals surface area contributed by atoms with Crippen molar-refractivity contribution in [3.05, 3.63) is 64.1 Å². The molecule has 0 heterocycles. The predicted octanol–water partition coefficient (Wildman–Crippen LogP) is 3.94. The standard InChI is InChI=1S/C15H14BrNO/c1-11-4-2-7-14(8-11)17-15(18)10-12-5-3-6-13(16)9-12/h2-9H,10H2,1H3,(H,17,18). The zero-order valence-electron chi connectivity index (χ0n) is 10.1. The van der Waals surface area contributed by atoms with Gasteiger partial charge in [-0.3, -0.25) is 4.79 Å². The summed E-state index contributed by atoms with van der Waals surface area (Å²) in [5, 5.41) is 2.90. The SMILES string of the molecule is Cc1cccc(NC(=O)Cc2cccc(Br)c2)c1. The Hall–Kier alpha value is -1.61. The minimum Gasteiger partial charge on any atom is -0.326 e. The molecule has 0 unspecified atom stereocenters. The number of carbonyl (C=O) groups excluding carboxylic acids is 1. The molecule has 0 atom stereocenters. The highest BCUT2D eigenvalue weighted by Crippen LogP contribution is 2.14. The maximum Gasteiger partial charge on any atom is 0.228 e. The van der Waals surface area contributed by atoms with Crippen LogP contribution < -0.4 is 5.32 Å². The Bertz CT molecular complexity index is 516. The van der Waals surface area contributed by atoms with Gasteiger partial charge in [-0.2, -0.15) is 0 Å². The first-order valence-electron chi connectivity index (χ1n) is 5.74. The zero-order chi connectivity index (χ0) is 13.0. The van der Waals surface area contributed by atoms with E-state index in [1.54, 1.807) is 0 Å². The summed E-state index contributed by atoms with van der Waals surface area (Å²) >= 11 is 3.40. The molecule has 2 aromatic rings. The van der Waals surface area contributed by atoms with Crippen LogP contribution in [0.2, 0.25) is 0 Å². The van der Waals surface area contributed by atoms with Gasteiger partial charge in [-0.15, -0.1) is 0 Å². The summed E-state index contributed by atoms with van der Waals surface area (Å²) in [6, 6.07) is 15.6. The molecule has 92 valence electrons. The van der Waals surface area contributed by atoms with Crippen molar-refractivity contribution in [2.75, 3.05) is 5.32 Å². The lowest BCUT2D eigenvalue weighted by Crippen LogP contribution is -2.14. The normalized spacial score (nSPS) is 10.1. The molecule has 1 N–H and O–H groups in total. The van der Waals surface area contributed by atoms with Crippen molar-refractivity contribution < 1.29 is 4.79 Å². The number of anilines is 1. The summed E-state index contributed by atoms with van der Waals surface area (Å²) in [6.07, 6.45) is 0.382. The Morgan fingerprint density at radius 2 is 1.94 bits per heavy atom. The van der Waals surface area contributed by atoms with Gasteiger partial charge >= 0.3 is 0 Å². The number of hydrogen-bond acceptors (Lipinski definition) is 1. The van der Waals surface area contributed by atoms with Gasteiger partial charge in [0.1, 0.15) is 0 Å². The van der Waals surface area contributed by atoms with E-state index in [-0.39, 0.29) is 5.91 Å². The average Bonchev–Trinajstić information content (AvgIpc) is 2.28. The third-order valence-electron chi connectivity index (χ3n) is 2.56. The number of nitrogens with one attached hydrogen (secondary N) is 1. The molecule has 18 heavy (non-hydrogen) atoms. The monoisotopic (exact) mass is 303 g/mol. The Morgan fingerprint density at radius 1 is 1.17 bits per heavy atom. The van der Waals surface area contributed by atoms with Crippen LogP contribution >= 0.6 is 15.9 Å². The fraction of sp³-hybridized carbons (Fsp3) is 0.133. The zero-order valence-corrected chi connectivity index (χ0v) is 11.7. The summed E-state index contributed by atoms with van der Waals surface area (Å²) in [4.78, 5) is 11.9. The lowest BCUT2D eigenvalue weighted by molar-refractivity contribution is -0.115. The number of hydrogen-bond donors (Lipinski definition) is 1. The number of aryl methyl sites for hydroxylation is 1. The first-order valence-corrected chi connectivity index (χ1v) is 6.54. The van der Waals surface area contributed by atoms with E-state index in [9.17, 15) is 4.79 Å². The fourth-order valence-corrected chi connectivity index (χ4v) is 2.21. The molecule has 0 spiro atoms. The molecule has 0 aliphatic carbocycles. The average molecular weight is 304 g/mol. The van der Waals surface area contributed by atoms with Crippen molar-refractivity contribution in [1.29, 1.82) is 0 Å². The first kappa shape index (κ1) is 12.8. The second kappa shape index (κ2) is 5.83. The van der Waals surface area contributed by atoms with Gasteiger partial charge in [-0.25, -0.2) is 0 Å². The molecule has 2 nitrogen and oxygen atoms in total. The van der Waals surface area contributed by atoms with Gasteiger partial charge in [0, 0.05) is 10.2 Å². The van der Waals surface area contributed by atoms with Gasteiger partial charge in [0.05, 0.1) is 6.42 Å². The van der Waals surface area contributed by atoms with E-state index in [0.717, 1.165) is 21.3 Å². The molecule has 2 aromatic carbocycles. The van der Waals surface area contributed by atoms with E-state index in [1.807, 2.05) is 55.5 Å². The van der Waals surface area contributed by atoms with Gasteiger partial charge < -0.3 is 5.32 Å². The summed E-state index contributed by atoms with van der Waals surface area (Å²) < 4.78 is 0.989. The summed E-state index contributed by atoms with van der Waals surface area (Å²) in [5.74, 6) is -0.00120. The molecule has 0 aromatic heterocycles. The predicted molar refractivity (Wildman–Crippen MR) is 77.7 cm³/mol. The van der Waals surface area contributed by atoms with E-state index < -0.39 is 0 Å². The Balaban J connectivity index is 2.01. The van der Waals surface area contributed by atoms with E-state index in [2.05, 4.69) is 21.2 Å². The fourth-order valence-electron chi connectivity index (χ4n) is 1.76. The molecule has 0 fully saturated rings. The highest BCUT2D eigenvalue weighted by molar-refractivity contribution is 9.10. The highest BCUT2D eigenvalue weighted by atomic mass is 79.9. The molecule has 3 heteroatoms.